The molecule has 1 aromatic carbocycles. The SMILES string of the molecule is CCC[C@H]1c2ccccc2N(C)[C@H]1C. The summed E-state index contributed by atoms with van der Waals surface area (Å²) in [4.78, 5) is 2.41. The Morgan fingerprint density at radius 1 is 1.29 bits per heavy atom. The van der Waals surface area contributed by atoms with Crippen molar-refractivity contribution in [3.05, 3.63) is 29.8 Å². The number of rotatable bonds is 2. The zero-order valence-electron chi connectivity index (χ0n) is 9.33. The molecule has 0 bridgehead atoms. The topological polar surface area (TPSA) is 3.24 Å². The van der Waals surface area contributed by atoms with Gasteiger partial charge in [0.05, 0.1) is 0 Å². The van der Waals surface area contributed by atoms with Gasteiger partial charge in [0.2, 0.25) is 0 Å². The molecule has 1 nitrogen and oxygen atoms in total. The van der Waals surface area contributed by atoms with Crippen LogP contribution in [0.25, 0.3) is 0 Å². The van der Waals surface area contributed by atoms with E-state index < -0.39 is 0 Å². The maximum Gasteiger partial charge on any atom is 0.0402 e. The second kappa shape index (κ2) is 3.64. The van der Waals surface area contributed by atoms with Gasteiger partial charge in [0, 0.05) is 24.7 Å². The predicted molar refractivity (Wildman–Crippen MR) is 62.0 cm³/mol. The summed E-state index contributed by atoms with van der Waals surface area (Å²) in [6.45, 7) is 4.61. The second-order valence-corrected chi connectivity index (χ2v) is 4.31. The highest BCUT2D eigenvalue weighted by molar-refractivity contribution is 5.60. The summed E-state index contributed by atoms with van der Waals surface area (Å²) >= 11 is 0. The minimum atomic E-state index is 0.660. The number of likely N-dealkylation sites (N-methyl/N-ethyl adjacent to an activating group) is 1. The molecule has 1 heterocycles. The van der Waals surface area contributed by atoms with E-state index in [4.69, 9.17) is 0 Å². The minimum Gasteiger partial charge on any atom is -0.371 e. The van der Waals surface area contributed by atoms with Crippen molar-refractivity contribution in [3.63, 3.8) is 0 Å². The molecule has 0 saturated heterocycles. The largest absolute Gasteiger partial charge is 0.371 e. The highest BCUT2D eigenvalue weighted by atomic mass is 15.2. The van der Waals surface area contributed by atoms with Gasteiger partial charge in [-0.1, -0.05) is 31.5 Å². The first kappa shape index (κ1) is 9.57. The highest BCUT2D eigenvalue weighted by Gasteiger charge is 2.31. The lowest BCUT2D eigenvalue weighted by Gasteiger charge is -2.22. The summed E-state index contributed by atoms with van der Waals surface area (Å²) in [7, 11) is 2.21. The van der Waals surface area contributed by atoms with Crippen molar-refractivity contribution in [1.29, 1.82) is 0 Å². The van der Waals surface area contributed by atoms with Gasteiger partial charge in [-0.15, -0.1) is 0 Å². The van der Waals surface area contributed by atoms with Gasteiger partial charge < -0.3 is 4.90 Å². The number of anilines is 1. The van der Waals surface area contributed by atoms with Crippen LogP contribution >= 0.6 is 0 Å². The van der Waals surface area contributed by atoms with E-state index in [2.05, 4.69) is 50.1 Å². The highest BCUT2D eigenvalue weighted by Crippen LogP contribution is 2.41. The van der Waals surface area contributed by atoms with Crippen molar-refractivity contribution in [3.8, 4) is 0 Å². The number of hydrogen-bond acceptors (Lipinski definition) is 1. The lowest BCUT2D eigenvalue weighted by atomic mass is 9.92. The molecule has 1 aliphatic rings. The Hall–Kier alpha value is -0.980. The predicted octanol–water partition coefficient (Wildman–Crippen LogP) is 3.41. The van der Waals surface area contributed by atoms with Crippen LogP contribution in [0.3, 0.4) is 0 Å². The Kier molecular flexibility index (Phi) is 2.49. The number of para-hydroxylation sites is 1. The third-order valence-electron chi connectivity index (χ3n) is 3.51. The molecule has 0 saturated carbocycles. The lowest BCUT2D eigenvalue weighted by Crippen LogP contribution is -2.27. The first-order chi connectivity index (χ1) is 6.75. The molecular weight excluding hydrogens is 170 g/mol. The summed E-state index contributed by atoms with van der Waals surface area (Å²) in [5, 5.41) is 0. The fourth-order valence-corrected chi connectivity index (χ4v) is 2.58. The summed E-state index contributed by atoms with van der Waals surface area (Å²) in [6, 6.07) is 9.48. The molecule has 76 valence electrons. The second-order valence-electron chi connectivity index (χ2n) is 4.31. The van der Waals surface area contributed by atoms with Crippen molar-refractivity contribution in [2.24, 2.45) is 0 Å². The van der Waals surface area contributed by atoms with Crippen molar-refractivity contribution < 1.29 is 0 Å². The molecule has 1 aliphatic heterocycles. The van der Waals surface area contributed by atoms with E-state index in [1.54, 1.807) is 5.56 Å². The van der Waals surface area contributed by atoms with Crippen LogP contribution in [0.4, 0.5) is 5.69 Å². The van der Waals surface area contributed by atoms with E-state index >= 15 is 0 Å². The molecule has 2 atom stereocenters. The Morgan fingerprint density at radius 2 is 2.00 bits per heavy atom. The van der Waals surface area contributed by atoms with Crippen LogP contribution in [0.1, 0.15) is 38.2 Å². The van der Waals surface area contributed by atoms with Gasteiger partial charge in [0.25, 0.3) is 0 Å². The van der Waals surface area contributed by atoms with Crippen LogP contribution in [0.2, 0.25) is 0 Å². The minimum absolute atomic E-state index is 0.660. The van der Waals surface area contributed by atoms with Crippen molar-refractivity contribution in [1.82, 2.24) is 0 Å². The molecule has 0 unspecified atom stereocenters. The van der Waals surface area contributed by atoms with E-state index in [9.17, 15) is 0 Å². The van der Waals surface area contributed by atoms with Gasteiger partial charge >= 0.3 is 0 Å². The standard InChI is InChI=1S/C13H19N/c1-4-7-11-10(2)14(3)13-9-6-5-8-12(11)13/h5-6,8-11H,4,7H2,1-3H3/t10-,11+/m0/s1. The Labute approximate surface area is 86.7 Å². The zero-order chi connectivity index (χ0) is 10.1. The van der Waals surface area contributed by atoms with E-state index in [1.165, 1.54) is 18.5 Å². The Balaban J connectivity index is 2.37. The van der Waals surface area contributed by atoms with E-state index in [1.807, 2.05) is 0 Å². The quantitative estimate of drug-likeness (QED) is 0.689. The normalized spacial score (nSPS) is 25.2. The molecule has 14 heavy (non-hydrogen) atoms. The average molecular weight is 189 g/mol. The molecule has 0 N–H and O–H groups in total. The number of benzene rings is 1. The molecular formula is C13H19N. The Bertz CT molecular complexity index is 319. The molecule has 0 spiro atoms. The number of hydrogen-bond donors (Lipinski definition) is 0. The van der Waals surface area contributed by atoms with E-state index in [-0.39, 0.29) is 0 Å². The molecule has 0 aliphatic carbocycles. The maximum absolute atomic E-state index is 2.41. The van der Waals surface area contributed by atoms with Crippen LogP contribution < -0.4 is 4.90 Å². The van der Waals surface area contributed by atoms with E-state index in [0.717, 1.165) is 5.92 Å². The number of nitrogens with zero attached hydrogens (tertiary/aromatic N) is 1. The average Bonchev–Trinajstić information content (AvgIpc) is 2.45. The summed E-state index contributed by atoms with van der Waals surface area (Å²) in [5.41, 5.74) is 2.97. The third kappa shape index (κ3) is 1.31. The lowest BCUT2D eigenvalue weighted by molar-refractivity contribution is 0.539. The van der Waals surface area contributed by atoms with Crippen LogP contribution in [0.15, 0.2) is 24.3 Å². The van der Waals surface area contributed by atoms with E-state index in [0.29, 0.717) is 6.04 Å². The first-order valence-electron chi connectivity index (χ1n) is 5.57. The molecule has 0 aromatic heterocycles. The fraction of sp³-hybridized carbons (Fsp3) is 0.538. The van der Waals surface area contributed by atoms with Crippen molar-refractivity contribution in [2.75, 3.05) is 11.9 Å². The van der Waals surface area contributed by atoms with Gasteiger partial charge in [-0.2, -0.15) is 0 Å². The van der Waals surface area contributed by atoms with Gasteiger partial charge in [0.1, 0.15) is 0 Å². The first-order valence-corrected chi connectivity index (χ1v) is 5.57. The van der Waals surface area contributed by atoms with Crippen LogP contribution in [0, 0.1) is 0 Å². The molecule has 1 aromatic rings. The molecule has 0 radical (unpaired) electrons. The maximum atomic E-state index is 2.41. The van der Waals surface area contributed by atoms with Gasteiger partial charge in [-0.25, -0.2) is 0 Å². The van der Waals surface area contributed by atoms with Crippen molar-refractivity contribution >= 4 is 5.69 Å². The van der Waals surface area contributed by atoms with Crippen LogP contribution in [0.5, 0.6) is 0 Å². The smallest absolute Gasteiger partial charge is 0.0402 e. The van der Waals surface area contributed by atoms with Gasteiger partial charge in [-0.05, 0) is 25.0 Å². The zero-order valence-corrected chi connectivity index (χ0v) is 9.33. The molecule has 2 rings (SSSR count). The third-order valence-corrected chi connectivity index (χ3v) is 3.51. The van der Waals surface area contributed by atoms with Crippen molar-refractivity contribution in [2.45, 2.75) is 38.6 Å². The Morgan fingerprint density at radius 3 is 2.71 bits per heavy atom. The monoisotopic (exact) mass is 189 g/mol. The number of fused-ring (bicyclic) bond motifs is 1. The summed E-state index contributed by atoms with van der Waals surface area (Å²) < 4.78 is 0. The van der Waals surface area contributed by atoms with Crippen LogP contribution in [-0.2, 0) is 0 Å². The summed E-state index contributed by atoms with van der Waals surface area (Å²) in [6.07, 6.45) is 2.58. The molecule has 0 fully saturated rings. The van der Waals surface area contributed by atoms with Crippen LogP contribution in [-0.4, -0.2) is 13.1 Å². The summed E-state index contributed by atoms with van der Waals surface area (Å²) in [5.74, 6) is 0.737. The molecule has 0 amide bonds. The van der Waals surface area contributed by atoms with Gasteiger partial charge in [-0.3, -0.25) is 0 Å². The molecule has 1 heteroatoms. The fourth-order valence-electron chi connectivity index (χ4n) is 2.58. The van der Waals surface area contributed by atoms with Gasteiger partial charge in [0.15, 0.2) is 0 Å².